The highest BCUT2D eigenvalue weighted by Gasteiger charge is 2.21. The first-order chi connectivity index (χ1) is 21.4. The van der Waals surface area contributed by atoms with E-state index >= 15 is 0 Å². The molecule has 2 heterocycles. The monoisotopic (exact) mass is 625 g/mol. The Morgan fingerprint density at radius 3 is 2.58 bits per heavy atom. The maximum atomic E-state index is 14.4. The van der Waals surface area contributed by atoms with Crippen LogP contribution in [-0.4, -0.2) is 57.6 Å². The van der Waals surface area contributed by atoms with Gasteiger partial charge in [-0.25, -0.2) is 18.0 Å². The second-order valence-corrected chi connectivity index (χ2v) is 10.2. The number of fused-ring (bicyclic) bond motifs is 1. The average Bonchev–Trinajstić information content (AvgIpc) is 3.38. The molecule has 0 saturated heterocycles. The molecule has 4 rings (SSSR count). The fourth-order valence-electron chi connectivity index (χ4n) is 4.40. The summed E-state index contributed by atoms with van der Waals surface area (Å²) in [6.45, 7) is -0.311. The number of ether oxygens (including phenoxy) is 1. The first-order valence-corrected chi connectivity index (χ1v) is 13.7. The maximum absolute atomic E-state index is 14.4. The van der Waals surface area contributed by atoms with Gasteiger partial charge in [0.1, 0.15) is 41.5 Å². The molecule has 0 fully saturated rings. The van der Waals surface area contributed by atoms with Gasteiger partial charge >= 0.3 is 6.09 Å². The molecule has 0 radical (unpaired) electrons. The number of carbonyl (C=O) groups excluding carboxylic acids is 2. The molecule has 0 aliphatic rings. The lowest BCUT2D eigenvalue weighted by Crippen LogP contribution is -2.44. The number of allylic oxidation sites excluding steroid dienone is 1. The van der Waals surface area contributed by atoms with Crippen molar-refractivity contribution in [1.82, 2.24) is 19.8 Å². The number of hydrogen-bond donors (Lipinski definition) is 4. The molecule has 0 spiro atoms. The molecule has 2 aromatic heterocycles. The highest BCUT2D eigenvalue weighted by molar-refractivity contribution is 5.96. The minimum atomic E-state index is -1.43. The molecule has 3 amide bonds. The highest BCUT2D eigenvalue weighted by atomic mass is 19.1. The molecule has 0 aliphatic heterocycles. The first-order valence-electron chi connectivity index (χ1n) is 13.7. The van der Waals surface area contributed by atoms with Gasteiger partial charge in [0.05, 0.1) is 12.1 Å². The molecule has 14 heteroatoms. The van der Waals surface area contributed by atoms with Crippen LogP contribution in [0.15, 0.2) is 71.7 Å². The number of aromatic nitrogens is 2. The van der Waals surface area contributed by atoms with Crippen molar-refractivity contribution in [3.05, 3.63) is 106 Å². The summed E-state index contributed by atoms with van der Waals surface area (Å²) in [4.78, 5) is 53.5. The van der Waals surface area contributed by atoms with Crippen LogP contribution in [0.1, 0.15) is 24.1 Å². The molecular formula is C31H30F3N5O6. The van der Waals surface area contributed by atoms with E-state index in [2.05, 4.69) is 15.6 Å². The van der Waals surface area contributed by atoms with Crippen molar-refractivity contribution < 1.29 is 37.4 Å². The summed E-state index contributed by atoms with van der Waals surface area (Å²) in [5.74, 6) is -3.12. The van der Waals surface area contributed by atoms with Crippen LogP contribution in [0.3, 0.4) is 0 Å². The predicted molar refractivity (Wildman–Crippen MR) is 159 cm³/mol. The van der Waals surface area contributed by atoms with E-state index in [0.717, 1.165) is 18.2 Å². The summed E-state index contributed by atoms with van der Waals surface area (Å²) in [5.41, 5.74) is 0.233. The zero-order valence-electron chi connectivity index (χ0n) is 24.3. The predicted octanol–water partition coefficient (Wildman–Crippen LogP) is 4.37. The van der Waals surface area contributed by atoms with E-state index in [0.29, 0.717) is 16.6 Å². The van der Waals surface area contributed by atoms with Crippen molar-refractivity contribution in [2.75, 3.05) is 19.4 Å². The third-order valence-electron chi connectivity index (χ3n) is 6.67. The largest absolute Gasteiger partial charge is 0.486 e. The maximum Gasteiger partial charge on any atom is 0.405 e. The van der Waals surface area contributed by atoms with Crippen molar-refractivity contribution in [1.29, 1.82) is 0 Å². The van der Waals surface area contributed by atoms with E-state index in [4.69, 9.17) is 4.74 Å². The molecule has 1 unspecified atom stereocenters. The van der Waals surface area contributed by atoms with Crippen molar-refractivity contribution >= 4 is 34.5 Å². The fourth-order valence-corrected chi connectivity index (χ4v) is 4.40. The Balaban J connectivity index is 1.49. The smallest absolute Gasteiger partial charge is 0.405 e. The number of nitrogens with zero attached hydrogens (tertiary/aromatic N) is 2. The van der Waals surface area contributed by atoms with Crippen LogP contribution < -0.4 is 20.9 Å². The Morgan fingerprint density at radius 1 is 1.09 bits per heavy atom. The SMILES string of the molecule is CN(C)C(=O)/C=C/CCC(NC(=O)O)C(=O)Nc1cccn(Cc2cc3cc(F)cc(OCc4ccc(F)cc4F)c3[nH]2)c1=O. The van der Waals surface area contributed by atoms with Gasteiger partial charge in [0.25, 0.3) is 5.56 Å². The number of amides is 3. The molecule has 11 nitrogen and oxygen atoms in total. The Morgan fingerprint density at radius 2 is 1.87 bits per heavy atom. The molecule has 236 valence electrons. The number of halogens is 3. The van der Waals surface area contributed by atoms with E-state index < -0.39 is 41.1 Å². The molecule has 4 aromatic rings. The van der Waals surface area contributed by atoms with Crippen LogP contribution in [0, 0.1) is 17.5 Å². The highest BCUT2D eigenvalue weighted by Crippen LogP contribution is 2.29. The Labute approximate surface area is 254 Å². The van der Waals surface area contributed by atoms with Crippen molar-refractivity contribution in [2.45, 2.75) is 32.0 Å². The van der Waals surface area contributed by atoms with Crippen LogP contribution in [0.2, 0.25) is 0 Å². The quantitative estimate of drug-likeness (QED) is 0.172. The van der Waals surface area contributed by atoms with Crippen LogP contribution in [-0.2, 0) is 22.7 Å². The van der Waals surface area contributed by atoms with Gasteiger partial charge in [-0.15, -0.1) is 0 Å². The molecule has 0 saturated carbocycles. The topological polar surface area (TPSA) is 146 Å². The number of carbonyl (C=O) groups is 3. The van der Waals surface area contributed by atoms with Gasteiger partial charge in [0.2, 0.25) is 11.8 Å². The van der Waals surface area contributed by atoms with Gasteiger partial charge in [0.15, 0.2) is 0 Å². The summed E-state index contributed by atoms with van der Waals surface area (Å²) in [6.07, 6.45) is 3.10. The summed E-state index contributed by atoms with van der Waals surface area (Å²) in [5, 5.41) is 14.2. The lowest BCUT2D eigenvalue weighted by atomic mass is 10.1. The van der Waals surface area contributed by atoms with E-state index in [1.165, 1.54) is 52.1 Å². The molecule has 0 bridgehead atoms. The minimum absolute atomic E-state index is 0.0215. The molecular weight excluding hydrogens is 595 g/mol. The normalized spacial score (nSPS) is 11.8. The van der Waals surface area contributed by atoms with Crippen LogP contribution in [0.25, 0.3) is 10.9 Å². The van der Waals surface area contributed by atoms with Crippen molar-refractivity contribution in [3.63, 3.8) is 0 Å². The van der Waals surface area contributed by atoms with Crippen molar-refractivity contribution in [3.8, 4) is 5.75 Å². The van der Waals surface area contributed by atoms with Crippen molar-refractivity contribution in [2.24, 2.45) is 0 Å². The van der Waals surface area contributed by atoms with E-state index in [9.17, 15) is 37.5 Å². The van der Waals surface area contributed by atoms with E-state index in [-0.39, 0.29) is 48.9 Å². The molecule has 45 heavy (non-hydrogen) atoms. The zero-order valence-corrected chi connectivity index (χ0v) is 24.3. The zero-order chi connectivity index (χ0) is 32.7. The Kier molecular flexibility index (Phi) is 10.3. The number of carboxylic acid groups (broad SMARTS) is 1. The summed E-state index contributed by atoms with van der Waals surface area (Å²) in [7, 11) is 3.15. The summed E-state index contributed by atoms with van der Waals surface area (Å²) < 4.78 is 48.6. The van der Waals surface area contributed by atoms with Gasteiger partial charge < -0.3 is 34.9 Å². The number of rotatable bonds is 12. The third-order valence-corrected chi connectivity index (χ3v) is 6.67. The van der Waals surface area contributed by atoms with Gasteiger partial charge in [-0.05, 0) is 55.3 Å². The van der Waals surface area contributed by atoms with Crippen LogP contribution in [0.5, 0.6) is 5.75 Å². The number of likely N-dealkylation sites (N-methyl/N-ethyl adjacent to an activating group) is 1. The Hall–Kier alpha value is -5.53. The summed E-state index contributed by atoms with van der Waals surface area (Å²) >= 11 is 0. The van der Waals surface area contributed by atoms with Crippen LogP contribution >= 0.6 is 0 Å². The number of hydrogen-bond acceptors (Lipinski definition) is 5. The average molecular weight is 626 g/mol. The minimum Gasteiger partial charge on any atom is -0.486 e. The van der Waals surface area contributed by atoms with Gasteiger partial charge in [0, 0.05) is 49.1 Å². The van der Waals surface area contributed by atoms with E-state index in [1.54, 1.807) is 20.2 Å². The second-order valence-electron chi connectivity index (χ2n) is 10.2. The summed E-state index contributed by atoms with van der Waals surface area (Å²) in [6, 6.07) is 8.67. The molecule has 1 atom stereocenters. The van der Waals surface area contributed by atoms with Gasteiger partial charge in [-0.1, -0.05) is 6.08 Å². The van der Waals surface area contributed by atoms with Crippen LogP contribution in [0.4, 0.5) is 23.7 Å². The molecule has 2 aromatic carbocycles. The van der Waals surface area contributed by atoms with Gasteiger partial charge in [-0.2, -0.15) is 0 Å². The standard InChI is InChI=1S/C31H30F3N5O6/c1-38(2)27(40)8-4-3-6-24(37-31(43)44)29(41)36-25-7-5-11-39(30(25)42)16-22-13-19-12-21(33)15-26(28(19)35-22)45-17-18-9-10-20(32)14-23(18)34/h4-5,7-15,24,35,37H,3,6,16-17H2,1-2H3,(H,36,41)(H,43,44)/b8-4+. The number of aromatic amines is 1. The Bertz CT molecular complexity index is 1820. The number of H-pyrrole nitrogens is 1. The third kappa shape index (κ3) is 8.53. The molecule has 0 aliphatic carbocycles. The van der Waals surface area contributed by atoms with E-state index in [1.807, 2.05) is 0 Å². The number of pyridine rings is 1. The number of nitrogens with one attached hydrogen (secondary N) is 3. The molecule has 4 N–H and O–H groups in total. The first kappa shape index (κ1) is 32.4. The fraction of sp³-hybridized carbons (Fsp3) is 0.226. The number of anilines is 1. The lowest BCUT2D eigenvalue weighted by molar-refractivity contribution is -0.123. The second kappa shape index (κ2) is 14.3. The lowest BCUT2D eigenvalue weighted by Gasteiger charge is -2.16. The van der Waals surface area contributed by atoms with Gasteiger partial charge in [-0.3, -0.25) is 14.4 Å². The number of benzene rings is 2.